The maximum atomic E-state index is 13.9. The lowest BCUT2D eigenvalue weighted by Crippen LogP contribution is -2.19. The molecule has 23 heavy (non-hydrogen) atoms. The summed E-state index contributed by atoms with van der Waals surface area (Å²) < 4.78 is 20.7. The number of rotatable bonds is 4. The van der Waals surface area contributed by atoms with Crippen LogP contribution in [0.4, 0.5) is 4.39 Å². The van der Waals surface area contributed by atoms with Gasteiger partial charge in [0.05, 0.1) is 24.7 Å². The second-order valence-electron chi connectivity index (χ2n) is 5.01. The molecule has 0 spiro atoms. The molecule has 2 aromatic carbocycles. The second-order valence-corrected chi connectivity index (χ2v) is 5.01. The smallest absolute Gasteiger partial charge is 0.277 e. The molecule has 0 fully saturated rings. The summed E-state index contributed by atoms with van der Waals surface area (Å²) in [5.74, 6) is -0.885. The van der Waals surface area contributed by atoms with Gasteiger partial charge < -0.3 is 4.74 Å². The van der Waals surface area contributed by atoms with Gasteiger partial charge in [0.2, 0.25) is 0 Å². The SMILES string of the molecule is COc1cccc(Cn2cc3cc(F)c(C(=O)NO)cc3n2)c1. The number of nitrogens with zero attached hydrogens (tertiary/aromatic N) is 2. The Labute approximate surface area is 131 Å². The van der Waals surface area contributed by atoms with Gasteiger partial charge in [-0.3, -0.25) is 14.7 Å². The van der Waals surface area contributed by atoms with E-state index in [1.54, 1.807) is 18.0 Å². The molecule has 1 heterocycles. The summed E-state index contributed by atoms with van der Waals surface area (Å²) in [6, 6.07) is 10.1. The maximum Gasteiger partial charge on any atom is 0.277 e. The number of carbonyl (C=O) groups is 1. The molecule has 118 valence electrons. The van der Waals surface area contributed by atoms with Crippen LogP contribution in [-0.4, -0.2) is 28.0 Å². The molecule has 1 amide bonds. The minimum Gasteiger partial charge on any atom is -0.497 e. The third kappa shape index (κ3) is 3.00. The molecule has 7 heteroatoms. The van der Waals surface area contributed by atoms with Gasteiger partial charge in [0, 0.05) is 11.6 Å². The summed E-state index contributed by atoms with van der Waals surface area (Å²) >= 11 is 0. The fourth-order valence-electron chi connectivity index (χ4n) is 2.37. The number of nitrogens with one attached hydrogen (secondary N) is 1. The van der Waals surface area contributed by atoms with Crippen molar-refractivity contribution in [2.75, 3.05) is 7.11 Å². The van der Waals surface area contributed by atoms with E-state index in [2.05, 4.69) is 5.10 Å². The zero-order chi connectivity index (χ0) is 16.4. The van der Waals surface area contributed by atoms with Crippen LogP contribution in [-0.2, 0) is 6.54 Å². The Hall–Kier alpha value is -2.93. The Kier molecular flexibility index (Phi) is 3.94. The summed E-state index contributed by atoms with van der Waals surface area (Å²) in [5, 5.41) is 13.5. The summed E-state index contributed by atoms with van der Waals surface area (Å²) in [5.41, 5.74) is 2.60. The zero-order valence-electron chi connectivity index (χ0n) is 12.3. The number of ether oxygens (including phenoxy) is 1. The Morgan fingerprint density at radius 2 is 2.22 bits per heavy atom. The first-order valence-corrected chi connectivity index (χ1v) is 6.85. The first-order chi connectivity index (χ1) is 11.1. The lowest BCUT2D eigenvalue weighted by Gasteiger charge is -2.04. The van der Waals surface area contributed by atoms with Crippen LogP contribution >= 0.6 is 0 Å². The maximum absolute atomic E-state index is 13.9. The minimum absolute atomic E-state index is 0.258. The van der Waals surface area contributed by atoms with Gasteiger partial charge >= 0.3 is 0 Å². The normalized spacial score (nSPS) is 10.7. The van der Waals surface area contributed by atoms with Crippen molar-refractivity contribution in [2.24, 2.45) is 0 Å². The molecule has 0 bridgehead atoms. The van der Waals surface area contributed by atoms with E-state index in [0.29, 0.717) is 17.4 Å². The molecule has 0 atom stereocenters. The Bertz CT molecular complexity index is 876. The van der Waals surface area contributed by atoms with Crippen molar-refractivity contribution < 1.29 is 19.1 Å². The number of hydrogen-bond acceptors (Lipinski definition) is 4. The number of benzene rings is 2. The van der Waals surface area contributed by atoms with Crippen LogP contribution in [0.15, 0.2) is 42.6 Å². The van der Waals surface area contributed by atoms with Crippen molar-refractivity contribution in [3.8, 4) is 5.75 Å². The van der Waals surface area contributed by atoms with Crippen LogP contribution in [0, 0.1) is 5.82 Å². The average molecular weight is 315 g/mol. The van der Waals surface area contributed by atoms with Crippen molar-refractivity contribution in [3.05, 3.63) is 59.5 Å². The highest BCUT2D eigenvalue weighted by Crippen LogP contribution is 2.20. The van der Waals surface area contributed by atoms with Gasteiger partial charge in [-0.1, -0.05) is 12.1 Å². The highest BCUT2D eigenvalue weighted by molar-refractivity contribution is 5.97. The molecule has 0 aliphatic rings. The molecule has 3 aromatic rings. The van der Waals surface area contributed by atoms with E-state index in [1.807, 2.05) is 24.3 Å². The molecular formula is C16H14FN3O3. The van der Waals surface area contributed by atoms with Crippen LogP contribution in [0.1, 0.15) is 15.9 Å². The number of amides is 1. The molecule has 3 rings (SSSR count). The standard InChI is InChI=1S/C16H14FN3O3/c1-23-12-4-2-3-10(5-12)8-20-9-11-6-14(17)13(16(21)19-22)7-15(11)18-20/h2-7,9,22H,8H2,1H3,(H,19,21). The number of aromatic nitrogens is 2. The van der Waals surface area contributed by atoms with E-state index in [1.165, 1.54) is 17.6 Å². The number of fused-ring (bicyclic) bond motifs is 1. The molecule has 1 aromatic heterocycles. The fraction of sp³-hybridized carbons (Fsp3) is 0.125. The molecule has 0 aliphatic carbocycles. The van der Waals surface area contributed by atoms with E-state index in [9.17, 15) is 9.18 Å². The van der Waals surface area contributed by atoms with E-state index in [0.717, 1.165) is 11.3 Å². The number of hydroxylamine groups is 1. The molecular weight excluding hydrogens is 301 g/mol. The number of carbonyl (C=O) groups excluding carboxylic acids is 1. The van der Waals surface area contributed by atoms with Crippen molar-refractivity contribution in [1.82, 2.24) is 15.3 Å². The molecule has 2 N–H and O–H groups in total. The minimum atomic E-state index is -0.910. The van der Waals surface area contributed by atoms with E-state index in [4.69, 9.17) is 9.94 Å². The third-order valence-electron chi connectivity index (χ3n) is 3.47. The summed E-state index contributed by atoms with van der Waals surface area (Å²) in [6.07, 6.45) is 1.69. The van der Waals surface area contributed by atoms with Gasteiger partial charge in [0.25, 0.3) is 5.91 Å². The largest absolute Gasteiger partial charge is 0.497 e. The molecule has 0 saturated heterocycles. The lowest BCUT2D eigenvalue weighted by molar-refractivity contribution is 0.0702. The predicted octanol–water partition coefficient (Wildman–Crippen LogP) is 2.35. The van der Waals surface area contributed by atoms with E-state index in [-0.39, 0.29) is 5.56 Å². The van der Waals surface area contributed by atoms with Gasteiger partial charge in [0.1, 0.15) is 11.6 Å². The van der Waals surface area contributed by atoms with Gasteiger partial charge in [0.15, 0.2) is 0 Å². The molecule has 6 nitrogen and oxygen atoms in total. The zero-order valence-corrected chi connectivity index (χ0v) is 12.3. The van der Waals surface area contributed by atoms with Crippen LogP contribution in [0.5, 0.6) is 5.75 Å². The Morgan fingerprint density at radius 3 is 2.96 bits per heavy atom. The first kappa shape index (κ1) is 15.0. The van der Waals surface area contributed by atoms with Crippen molar-refractivity contribution >= 4 is 16.8 Å². The third-order valence-corrected chi connectivity index (χ3v) is 3.47. The van der Waals surface area contributed by atoms with Crippen LogP contribution in [0.3, 0.4) is 0 Å². The van der Waals surface area contributed by atoms with E-state index >= 15 is 0 Å². The summed E-state index contributed by atoms with van der Waals surface area (Å²) in [6.45, 7) is 0.481. The monoisotopic (exact) mass is 315 g/mol. The Morgan fingerprint density at radius 1 is 1.39 bits per heavy atom. The summed E-state index contributed by atoms with van der Waals surface area (Å²) in [7, 11) is 1.60. The molecule has 0 radical (unpaired) electrons. The topological polar surface area (TPSA) is 76.4 Å². The van der Waals surface area contributed by atoms with E-state index < -0.39 is 11.7 Å². The average Bonchev–Trinajstić information content (AvgIpc) is 2.94. The van der Waals surface area contributed by atoms with Gasteiger partial charge in [-0.25, -0.2) is 9.87 Å². The van der Waals surface area contributed by atoms with Crippen LogP contribution < -0.4 is 10.2 Å². The molecule has 0 aliphatic heterocycles. The van der Waals surface area contributed by atoms with Gasteiger partial charge in [-0.15, -0.1) is 0 Å². The molecule has 0 saturated carbocycles. The van der Waals surface area contributed by atoms with Gasteiger partial charge in [-0.2, -0.15) is 5.10 Å². The predicted molar refractivity (Wildman–Crippen MR) is 81.0 cm³/mol. The Balaban J connectivity index is 1.95. The lowest BCUT2D eigenvalue weighted by atomic mass is 10.1. The summed E-state index contributed by atoms with van der Waals surface area (Å²) in [4.78, 5) is 11.4. The van der Waals surface area contributed by atoms with Crippen molar-refractivity contribution in [2.45, 2.75) is 6.54 Å². The number of halogens is 1. The quantitative estimate of drug-likeness (QED) is 0.572. The fourth-order valence-corrected chi connectivity index (χ4v) is 2.37. The van der Waals surface area contributed by atoms with Gasteiger partial charge in [-0.05, 0) is 29.8 Å². The van der Waals surface area contributed by atoms with Crippen molar-refractivity contribution in [1.29, 1.82) is 0 Å². The second kappa shape index (κ2) is 6.05. The first-order valence-electron chi connectivity index (χ1n) is 6.85. The van der Waals surface area contributed by atoms with Crippen LogP contribution in [0.25, 0.3) is 10.9 Å². The highest BCUT2D eigenvalue weighted by atomic mass is 19.1. The number of hydrogen-bond donors (Lipinski definition) is 2. The highest BCUT2D eigenvalue weighted by Gasteiger charge is 2.14. The molecule has 0 unspecified atom stereocenters. The van der Waals surface area contributed by atoms with Crippen LogP contribution in [0.2, 0.25) is 0 Å². The van der Waals surface area contributed by atoms with Crippen molar-refractivity contribution in [3.63, 3.8) is 0 Å². The number of methoxy groups -OCH3 is 1.